The average Bonchev–Trinajstić information content (AvgIpc) is 2.31. The summed E-state index contributed by atoms with van der Waals surface area (Å²) in [5, 5.41) is 10.4. The minimum atomic E-state index is -1.37. The maximum Gasteiger partial charge on any atom is 0.312 e. The molecule has 17 heavy (non-hydrogen) atoms. The Bertz CT molecular complexity index is 365. The number of aliphatic hydroxyl groups is 1. The molecule has 5 heteroatoms. The third-order valence-electron chi connectivity index (χ3n) is 2.74. The van der Waals surface area contributed by atoms with Crippen molar-refractivity contribution in [2.75, 3.05) is 6.61 Å². The molecule has 2 unspecified atom stereocenters. The van der Waals surface area contributed by atoms with Crippen LogP contribution in [0.1, 0.15) is 32.9 Å². The molecule has 0 aliphatic rings. The number of hydrogen-bond donors (Lipinski definition) is 1. The van der Waals surface area contributed by atoms with Gasteiger partial charge in [0.05, 0.1) is 24.4 Å². The van der Waals surface area contributed by atoms with Crippen LogP contribution >= 0.6 is 0 Å². The Morgan fingerprint density at radius 3 is 2.71 bits per heavy atom. The summed E-state index contributed by atoms with van der Waals surface area (Å²) in [5.74, 6) is -1.05. The van der Waals surface area contributed by atoms with Crippen molar-refractivity contribution in [2.45, 2.75) is 32.8 Å². The van der Waals surface area contributed by atoms with Crippen LogP contribution in [0.4, 0.5) is 0 Å². The Labute approximate surface area is 101 Å². The zero-order valence-electron chi connectivity index (χ0n) is 10.4. The first-order chi connectivity index (χ1) is 8.04. The first-order valence-electron chi connectivity index (χ1n) is 5.69. The summed E-state index contributed by atoms with van der Waals surface area (Å²) in [6.07, 6.45) is 4.94. The number of carbonyl (C=O) groups excluding carboxylic acids is 1. The molecule has 5 nitrogen and oxygen atoms in total. The highest BCUT2D eigenvalue weighted by Gasteiger charge is 2.39. The summed E-state index contributed by atoms with van der Waals surface area (Å²) < 4.78 is 4.96. The Balaban J connectivity index is 2.98. The number of aromatic nitrogens is 2. The van der Waals surface area contributed by atoms with Crippen molar-refractivity contribution < 1.29 is 14.6 Å². The van der Waals surface area contributed by atoms with Gasteiger partial charge in [0, 0.05) is 12.4 Å². The summed E-state index contributed by atoms with van der Waals surface area (Å²) in [7, 11) is 0. The van der Waals surface area contributed by atoms with Gasteiger partial charge in [-0.05, 0) is 20.3 Å². The molecule has 1 aromatic rings. The van der Waals surface area contributed by atoms with E-state index < -0.39 is 17.5 Å². The molecule has 94 valence electrons. The first kappa shape index (κ1) is 13.6. The standard InChI is InChI=1S/C12H18N2O3/c1-4-9(11(15)17-5-2)12(3,16)10-8-13-6-7-14-10/h6-9,16H,4-5H2,1-3H3. The van der Waals surface area contributed by atoms with Gasteiger partial charge in [-0.1, -0.05) is 6.92 Å². The van der Waals surface area contributed by atoms with Crippen molar-refractivity contribution in [2.24, 2.45) is 5.92 Å². The van der Waals surface area contributed by atoms with E-state index in [2.05, 4.69) is 9.97 Å². The lowest BCUT2D eigenvalue weighted by molar-refractivity contribution is -0.158. The van der Waals surface area contributed by atoms with Gasteiger partial charge in [0.25, 0.3) is 0 Å². The van der Waals surface area contributed by atoms with Crippen LogP contribution in [0.2, 0.25) is 0 Å². The van der Waals surface area contributed by atoms with Crippen LogP contribution in [0.25, 0.3) is 0 Å². The fourth-order valence-corrected chi connectivity index (χ4v) is 1.78. The number of esters is 1. The van der Waals surface area contributed by atoms with Crippen LogP contribution in [-0.4, -0.2) is 27.7 Å². The topological polar surface area (TPSA) is 72.3 Å². The maximum absolute atomic E-state index is 11.8. The lowest BCUT2D eigenvalue weighted by Crippen LogP contribution is -2.38. The van der Waals surface area contributed by atoms with E-state index in [1.165, 1.54) is 18.6 Å². The fourth-order valence-electron chi connectivity index (χ4n) is 1.78. The highest BCUT2D eigenvalue weighted by atomic mass is 16.5. The highest BCUT2D eigenvalue weighted by Crippen LogP contribution is 2.30. The molecule has 0 saturated carbocycles. The molecule has 1 rings (SSSR count). The summed E-state index contributed by atoms with van der Waals surface area (Å²) in [4.78, 5) is 19.7. The number of nitrogens with zero attached hydrogens (tertiary/aromatic N) is 2. The Morgan fingerprint density at radius 2 is 2.24 bits per heavy atom. The smallest absolute Gasteiger partial charge is 0.312 e. The van der Waals surface area contributed by atoms with Gasteiger partial charge in [-0.25, -0.2) is 0 Å². The van der Waals surface area contributed by atoms with E-state index in [1.54, 1.807) is 13.8 Å². The van der Waals surface area contributed by atoms with Crippen LogP contribution in [0, 0.1) is 5.92 Å². The second-order valence-electron chi connectivity index (χ2n) is 3.95. The molecule has 0 radical (unpaired) electrons. The molecule has 1 heterocycles. The van der Waals surface area contributed by atoms with Gasteiger partial charge in [0.1, 0.15) is 5.60 Å². The number of ether oxygens (including phenoxy) is 1. The van der Waals surface area contributed by atoms with E-state index in [0.717, 1.165) is 0 Å². The predicted octanol–water partition coefficient (Wildman–Crippen LogP) is 1.27. The van der Waals surface area contributed by atoms with E-state index in [9.17, 15) is 9.90 Å². The van der Waals surface area contributed by atoms with Crippen molar-refractivity contribution in [3.8, 4) is 0 Å². The minimum absolute atomic E-state index is 0.298. The van der Waals surface area contributed by atoms with Gasteiger partial charge in [0.2, 0.25) is 0 Å². The fraction of sp³-hybridized carbons (Fsp3) is 0.583. The van der Waals surface area contributed by atoms with Gasteiger partial charge >= 0.3 is 5.97 Å². The minimum Gasteiger partial charge on any atom is -0.466 e. The van der Waals surface area contributed by atoms with E-state index in [1.807, 2.05) is 6.92 Å². The van der Waals surface area contributed by atoms with Crippen molar-refractivity contribution in [3.05, 3.63) is 24.3 Å². The molecule has 0 fully saturated rings. The molecule has 0 aliphatic heterocycles. The second kappa shape index (κ2) is 5.72. The van der Waals surface area contributed by atoms with Crippen LogP contribution in [0.15, 0.2) is 18.6 Å². The van der Waals surface area contributed by atoms with Gasteiger partial charge in [-0.15, -0.1) is 0 Å². The van der Waals surface area contributed by atoms with Crippen molar-refractivity contribution in [1.29, 1.82) is 0 Å². The molecule has 0 bridgehead atoms. The average molecular weight is 238 g/mol. The normalized spacial score (nSPS) is 16.0. The Hall–Kier alpha value is -1.49. The molecule has 1 aromatic heterocycles. The van der Waals surface area contributed by atoms with E-state index in [-0.39, 0.29) is 0 Å². The molecular weight excluding hydrogens is 220 g/mol. The zero-order chi connectivity index (χ0) is 12.9. The van der Waals surface area contributed by atoms with E-state index >= 15 is 0 Å². The summed E-state index contributed by atoms with van der Waals surface area (Å²) in [5.41, 5.74) is -0.991. The molecule has 2 atom stereocenters. The van der Waals surface area contributed by atoms with Gasteiger partial charge in [-0.2, -0.15) is 0 Å². The number of hydrogen-bond acceptors (Lipinski definition) is 5. The number of rotatable bonds is 5. The zero-order valence-corrected chi connectivity index (χ0v) is 10.4. The molecule has 0 spiro atoms. The third-order valence-corrected chi connectivity index (χ3v) is 2.74. The maximum atomic E-state index is 11.8. The van der Waals surface area contributed by atoms with Crippen molar-refractivity contribution >= 4 is 5.97 Å². The van der Waals surface area contributed by atoms with Crippen LogP contribution in [0.3, 0.4) is 0 Å². The summed E-state index contributed by atoms with van der Waals surface area (Å²) in [6, 6.07) is 0. The van der Waals surface area contributed by atoms with Gasteiger partial charge in [0.15, 0.2) is 0 Å². The van der Waals surface area contributed by atoms with Crippen LogP contribution in [0.5, 0.6) is 0 Å². The molecule has 1 N–H and O–H groups in total. The predicted molar refractivity (Wildman–Crippen MR) is 62.0 cm³/mol. The number of carbonyl (C=O) groups is 1. The Kier molecular flexibility index (Phi) is 4.57. The lowest BCUT2D eigenvalue weighted by Gasteiger charge is -2.29. The highest BCUT2D eigenvalue weighted by molar-refractivity contribution is 5.74. The molecule has 0 aliphatic carbocycles. The monoisotopic (exact) mass is 238 g/mol. The molecular formula is C12H18N2O3. The molecule has 0 saturated heterocycles. The summed E-state index contributed by atoms with van der Waals surface area (Å²) >= 11 is 0. The van der Waals surface area contributed by atoms with Gasteiger partial charge in [-0.3, -0.25) is 14.8 Å². The third kappa shape index (κ3) is 3.00. The Morgan fingerprint density at radius 1 is 1.53 bits per heavy atom. The van der Waals surface area contributed by atoms with Crippen molar-refractivity contribution in [1.82, 2.24) is 9.97 Å². The molecule has 0 aromatic carbocycles. The lowest BCUT2D eigenvalue weighted by atomic mass is 9.84. The van der Waals surface area contributed by atoms with E-state index in [4.69, 9.17) is 4.74 Å². The van der Waals surface area contributed by atoms with Crippen molar-refractivity contribution in [3.63, 3.8) is 0 Å². The largest absolute Gasteiger partial charge is 0.466 e. The molecule has 0 amide bonds. The van der Waals surface area contributed by atoms with Crippen LogP contribution < -0.4 is 0 Å². The second-order valence-corrected chi connectivity index (χ2v) is 3.95. The quantitative estimate of drug-likeness (QED) is 0.782. The SMILES string of the molecule is CCOC(=O)C(CC)C(C)(O)c1cnccn1. The summed E-state index contributed by atoms with van der Waals surface area (Å²) in [6.45, 7) is 5.42. The van der Waals surface area contributed by atoms with E-state index in [0.29, 0.717) is 18.7 Å². The first-order valence-corrected chi connectivity index (χ1v) is 5.69. The van der Waals surface area contributed by atoms with Gasteiger partial charge < -0.3 is 9.84 Å². The van der Waals surface area contributed by atoms with Crippen LogP contribution in [-0.2, 0) is 15.1 Å².